The van der Waals surface area contributed by atoms with E-state index in [1.54, 1.807) is 6.33 Å². The van der Waals surface area contributed by atoms with Gasteiger partial charge < -0.3 is 10.5 Å². The minimum Gasteiger partial charge on any atom is -0.484 e. The van der Waals surface area contributed by atoms with Gasteiger partial charge in [-0.15, -0.1) is 0 Å². The third-order valence-electron chi connectivity index (χ3n) is 2.86. The molecule has 108 valence electrons. The number of rotatable bonds is 6. The van der Waals surface area contributed by atoms with E-state index in [1.165, 1.54) is 0 Å². The number of ether oxygens (including phenoxy) is 1. The van der Waals surface area contributed by atoms with Gasteiger partial charge in [-0.3, -0.25) is 4.98 Å². The molecule has 0 saturated carbocycles. The topological polar surface area (TPSA) is 78.9 Å². The van der Waals surface area contributed by atoms with E-state index in [1.807, 2.05) is 23.7 Å². The Kier molecular flexibility index (Phi) is 4.68. The van der Waals surface area contributed by atoms with Gasteiger partial charge in [-0.1, -0.05) is 13.8 Å². The average Bonchev–Trinajstić information content (AvgIpc) is 2.83. The Bertz CT molecular complexity index is 564. The maximum atomic E-state index is 5.78. The lowest BCUT2D eigenvalue weighted by Crippen LogP contribution is -2.13. The van der Waals surface area contributed by atoms with Crippen LogP contribution in [0.3, 0.4) is 0 Å². The van der Waals surface area contributed by atoms with Gasteiger partial charge in [0.25, 0.3) is 0 Å². The summed E-state index contributed by atoms with van der Waals surface area (Å²) in [6, 6.07) is 3.81. The van der Waals surface area contributed by atoms with Gasteiger partial charge in [-0.25, -0.2) is 9.67 Å². The summed E-state index contributed by atoms with van der Waals surface area (Å²) in [5.74, 6) is 2.02. The Morgan fingerprint density at radius 3 is 2.85 bits per heavy atom. The van der Waals surface area contributed by atoms with Crippen LogP contribution in [0.5, 0.6) is 5.75 Å². The lowest BCUT2D eigenvalue weighted by molar-refractivity contribution is 0.278. The fraction of sp³-hybridized carbons (Fsp3) is 0.500. The molecule has 0 spiro atoms. The van der Waals surface area contributed by atoms with Crippen molar-refractivity contribution in [3.63, 3.8) is 0 Å². The molecule has 2 heterocycles. The van der Waals surface area contributed by atoms with Gasteiger partial charge in [0.2, 0.25) is 0 Å². The summed E-state index contributed by atoms with van der Waals surface area (Å²) in [5, 5.41) is 4.21. The summed E-state index contributed by atoms with van der Waals surface area (Å²) >= 11 is 0. The molecule has 0 bridgehead atoms. The van der Waals surface area contributed by atoms with Gasteiger partial charge in [0.15, 0.2) is 5.82 Å². The smallest absolute Gasteiger partial charge is 0.164 e. The molecule has 0 atom stereocenters. The van der Waals surface area contributed by atoms with Gasteiger partial charge >= 0.3 is 0 Å². The normalized spacial score (nSPS) is 11.1. The molecule has 6 nitrogen and oxygen atoms in total. The maximum absolute atomic E-state index is 5.78. The molecule has 2 aromatic heterocycles. The highest BCUT2D eigenvalue weighted by Crippen LogP contribution is 2.17. The molecular formula is C14H21N5O. The van der Waals surface area contributed by atoms with E-state index in [4.69, 9.17) is 10.5 Å². The molecule has 0 radical (unpaired) electrons. The standard InChI is InChI=1S/C14H21N5O/c1-10(2)7-19-14(16-9-17-19)8-20-13-5-4-11(3)18-12(13)6-15/h4-5,9-10H,6-8,15H2,1-3H3. The van der Waals surface area contributed by atoms with Crippen molar-refractivity contribution < 1.29 is 4.74 Å². The van der Waals surface area contributed by atoms with E-state index in [2.05, 4.69) is 28.9 Å². The first kappa shape index (κ1) is 14.5. The highest BCUT2D eigenvalue weighted by Gasteiger charge is 2.09. The summed E-state index contributed by atoms with van der Waals surface area (Å²) in [5.41, 5.74) is 7.38. The van der Waals surface area contributed by atoms with Crippen molar-refractivity contribution in [1.29, 1.82) is 0 Å². The first-order valence-electron chi connectivity index (χ1n) is 6.76. The number of hydrogen-bond acceptors (Lipinski definition) is 5. The minimum absolute atomic E-state index is 0.357. The quantitative estimate of drug-likeness (QED) is 0.867. The Hall–Kier alpha value is -1.95. The molecule has 0 aromatic carbocycles. The first-order valence-corrected chi connectivity index (χ1v) is 6.76. The average molecular weight is 275 g/mol. The number of aromatic nitrogens is 4. The number of hydrogen-bond donors (Lipinski definition) is 1. The molecule has 0 unspecified atom stereocenters. The second-order valence-corrected chi connectivity index (χ2v) is 5.14. The molecule has 0 amide bonds. The Morgan fingerprint density at radius 2 is 2.15 bits per heavy atom. The predicted octanol–water partition coefficient (Wildman–Crippen LogP) is 1.68. The van der Waals surface area contributed by atoms with Crippen molar-refractivity contribution in [2.24, 2.45) is 11.7 Å². The summed E-state index contributed by atoms with van der Waals surface area (Å²) in [4.78, 5) is 8.60. The van der Waals surface area contributed by atoms with Crippen molar-refractivity contribution >= 4 is 0 Å². The molecular weight excluding hydrogens is 254 g/mol. The number of aryl methyl sites for hydroxylation is 1. The fourth-order valence-corrected chi connectivity index (χ4v) is 1.92. The van der Waals surface area contributed by atoms with Crippen LogP contribution in [0.4, 0.5) is 0 Å². The van der Waals surface area contributed by atoms with Gasteiger partial charge in [-0.2, -0.15) is 5.10 Å². The number of nitrogens with zero attached hydrogens (tertiary/aromatic N) is 4. The lowest BCUT2D eigenvalue weighted by atomic mass is 10.2. The van der Waals surface area contributed by atoms with Crippen LogP contribution >= 0.6 is 0 Å². The van der Waals surface area contributed by atoms with Crippen LogP contribution < -0.4 is 10.5 Å². The van der Waals surface area contributed by atoms with E-state index in [9.17, 15) is 0 Å². The van der Waals surface area contributed by atoms with Crippen LogP contribution in [0, 0.1) is 12.8 Å². The summed E-state index contributed by atoms with van der Waals surface area (Å²) in [6.45, 7) is 7.77. The van der Waals surface area contributed by atoms with Crippen molar-refractivity contribution in [3.8, 4) is 5.75 Å². The summed E-state index contributed by atoms with van der Waals surface area (Å²) in [7, 11) is 0. The SMILES string of the molecule is Cc1ccc(OCc2ncnn2CC(C)C)c(CN)n1. The van der Waals surface area contributed by atoms with Crippen LogP contribution in [0.25, 0.3) is 0 Å². The molecule has 2 N–H and O–H groups in total. The van der Waals surface area contributed by atoms with Crippen LogP contribution in [-0.2, 0) is 19.7 Å². The molecule has 6 heteroatoms. The van der Waals surface area contributed by atoms with Crippen LogP contribution in [0.15, 0.2) is 18.5 Å². The molecule has 0 saturated heterocycles. The van der Waals surface area contributed by atoms with Crippen LogP contribution in [-0.4, -0.2) is 19.7 Å². The van der Waals surface area contributed by atoms with Crippen molar-refractivity contribution in [3.05, 3.63) is 35.7 Å². The second kappa shape index (κ2) is 6.47. The van der Waals surface area contributed by atoms with E-state index in [0.29, 0.717) is 24.8 Å². The second-order valence-electron chi connectivity index (χ2n) is 5.14. The van der Waals surface area contributed by atoms with Crippen molar-refractivity contribution in [2.75, 3.05) is 0 Å². The first-order chi connectivity index (χ1) is 9.60. The predicted molar refractivity (Wildman–Crippen MR) is 76.1 cm³/mol. The molecule has 0 fully saturated rings. The lowest BCUT2D eigenvalue weighted by Gasteiger charge is -2.12. The minimum atomic E-state index is 0.357. The Morgan fingerprint density at radius 1 is 1.35 bits per heavy atom. The summed E-state index contributed by atoms with van der Waals surface area (Å²) < 4.78 is 7.65. The van der Waals surface area contributed by atoms with Crippen LogP contribution in [0.2, 0.25) is 0 Å². The zero-order chi connectivity index (χ0) is 14.5. The van der Waals surface area contributed by atoms with Crippen molar-refractivity contribution in [2.45, 2.75) is 40.5 Å². The highest BCUT2D eigenvalue weighted by atomic mass is 16.5. The number of nitrogens with two attached hydrogens (primary N) is 1. The molecule has 2 rings (SSSR count). The molecule has 0 aliphatic heterocycles. The van der Waals surface area contributed by atoms with Gasteiger partial charge in [0.1, 0.15) is 18.7 Å². The molecule has 20 heavy (non-hydrogen) atoms. The van der Waals surface area contributed by atoms with Gasteiger partial charge in [0.05, 0.1) is 5.69 Å². The van der Waals surface area contributed by atoms with Gasteiger partial charge in [0, 0.05) is 18.8 Å². The molecule has 0 aliphatic rings. The summed E-state index contributed by atoms with van der Waals surface area (Å²) in [6.07, 6.45) is 1.55. The molecule has 0 aliphatic carbocycles. The molecule has 2 aromatic rings. The largest absolute Gasteiger partial charge is 0.484 e. The van der Waals surface area contributed by atoms with E-state index >= 15 is 0 Å². The monoisotopic (exact) mass is 275 g/mol. The maximum Gasteiger partial charge on any atom is 0.164 e. The Balaban J connectivity index is 2.07. The van der Waals surface area contributed by atoms with E-state index in [0.717, 1.165) is 23.8 Å². The zero-order valence-corrected chi connectivity index (χ0v) is 12.2. The van der Waals surface area contributed by atoms with E-state index in [-0.39, 0.29) is 0 Å². The van der Waals surface area contributed by atoms with Crippen LogP contribution in [0.1, 0.15) is 31.1 Å². The third kappa shape index (κ3) is 3.54. The third-order valence-corrected chi connectivity index (χ3v) is 2.86. The highest BCUT2D eigenvalue weighted by molar-refractivity contribution is 5.29. The van der Waals surface area contributed by atoms with Gasteiger partial charge in [-0.05, 0) is 25.0 Å². The van der Waals surface area contributed by atoms with E-state index < -0.39 is 0 Å². The number of pyridine rings is 1. The zero-order valence-electron chi connectivity index (χ0n) is 12.2. The fourth-order valence-electron chi connectivity index (χ4n) is 1.92. The Labute approximate surface area is 119 Å². The van der Waals surface area contributed by atoms with Crippen molar-refractivity contribution in [1.82, 2.24) is 19.7 Å².